The summed E-state index contributed by atoms with van der Waals surface area (Å²) in [7, 11) is 1.51. The fourth-order valence-corrected chi connectivity index (χ4v) is 1.88. The number of methoxy groups -OCH3 is 1. The van der Waals surface area contributed by atoms with Gasteiger partial charge in [0, 0.05) is 5.69 Å². The van der Waals surface area contributed by atoms with Crippen molar-refractivity contribution >= 4 is 11.7 Å². The van der Waals surface area contributed by atoms with Crippen LogP contribution in [0.15, 0.2) is 18.2 Å². The van der Waals surface area contributed by atoms with E-state index in [0.29, 0.717) is 23.6 Å². The van der Waals surface area contributed by atoms with Gasteiger partial charge in [-0.1, -0.05) is 38.7 Å². The molecule has 0 saturated heterocycles. The minimum Gasteiger partial charge on any atom is -0.496 e. The Labute approximate surface area is 114 Å². The maximum Gasteiger partial charge on any atom is 0.344 e. The van der Waals surface area contributed by atoms with Crippen molar-refractivity contribution in [3.8, 4) is 5.75 Å². The summed E-state index contributed by atoms with van der Waals surface area (Å²) in [5, 5.41) is 0. The van der Waals surface area contributed by atoms with Gasteiger partial charge in [-0.2, -0.15) is 0 Å². The van der Waals surface area contributed by atoms with Crippen molar-refractivity contribution in [3.63, 3.8) is 0 Å². The molecule has 0 aliphatic rings. The highest BCUT2D eigenvalue weighted by Gasteiger charge is 2.16. The number of anilines is 1. The van der Waals surface area contributed by atoms with Gasteiger partial charge in [-0.25, -0.2) is 4.79 Å². The van der Waals surface area contributed by atoms with Crippen molar-refractivity contribution in [2.24, 2.45) is 0 Å². The van der Waals surface area contributed by atoms with E-state index in [-0.39, 0.29) is 0 Å². The second kappa shape index (κ2) is 8.40. The zero-order valence-electron chi connectivity index (χ0n) is 11.8. The molecular formula is C15H23NO3. The number of esters is 1. The summed E-state index contributed by atoms with van der Waals surface area (Å²) in [6.45, 7) is 2.60. The predicted molar refractivity (Wildman–Crippen MR) is 76.4 cm³/mol. The number of benzene rings is 1. The van der Waals surface area contributed by atoms with Gasteiger partial charge in [0.2, 0.25) is 0 Å². The Hall–Kier alpha value is -1.71. The van der Waals surface area contributed by atoms with Crippen LogP contribution in [0.25, 0.3) is 0 Å². The molecule has 1 rings (SSSR count). The van der Waals surface area contributed by atoms with Crippen molar-refractivity contribution in [2.45, 2.75) is 39.0 Å². The second-order valence-electron chi connectivity index (χ2n) is 4.47. The second-order valence-corrected chi connectivity index (χ2v) is 4.47. The SMILES string of the molecule is CCCCCCCOC(=O)c1c(N)cccc1OC. The van der Waals surface area contributed by atoms with Gasteiger partial charge in [0.15, 0.2) is 0 Å². The van der Waals surface area contributed by atoms with Crippen LogP contribution in [-0.2, 0) is 4.74 Å². The van der Waals surface area contributed by atoms with Crippen LogP contribution in [0.4, 0.5) is 5.69 Å². The lowest BCUT2D eigenvalue weighted by Gasteiger charge is -2.10. The highest BCUT2D eigenvalue weighted by atomic mass is 16.5. The smallest absolute Gasteiger partial charge is 0.344 e. The van der Waals surface area contributed by atoms with Gasteiger partial charge in [0.05, 0.1) is 13.7 Å². The van der Waals surface area contributed by atoms with E-state index < -0.39 is 5.97 Å². The number of unbranched alkanes of at least 4 members (excludes halogenated alkanes) is 4. The Morgan fingerprint density at radius 1 is 1.21 bits per heavy atom. The Morgan fingerprint density at radius 2 is 1.95 bits per heavy atom. The molecule has 106 valence electrons. The first-order valence-electron chi connectivity index (χ1n) is 6.80. The largest absolute Gasteiger partial charge is 0.496 e. The van der Waals surface area contributed by atoms with Crippen molar-refractivity contribution in [1.82, 2.24) is 0 Å². The average Bonchev–Trinajstić information content (AvgIpc) is 2.42. The third-order valence-corrected chi connectivity index (χ3v) is 2.96. The Kier molecular flexibility index (Phi) is 6.79. The molecule has 0 amide bonds. The van der Waals surface area contributed by atoms with Gasteiger partial charge in [-0.15, -0.1) is 0 Å². The number of ether oxygens (including phenoxy) is 2. The Bertz CT molecular complexity index is 404. The van der Waals surface area contributed by atoms with Crippen LogP contribution >= 0.6 is 0 Å². The molecule has 2 N–H and O–H groups in total. The molecule has 19 heavy (non-hydrogen) atoms. The molecular weight excluding hydrogens is 242 g/mol. The van der Waals surface area contributed by atoms with Crippen molar-refractivity contribution in [3.05, 3.63) is 23.8 Å². The molecule has 0 heterocycles. The zero-order valence-corrected chi connectivity index (χ0v) is 11.8. The molecule has 1 aromatic carbocycles. The lowest BCUT2D eigenvalue weighted by Crippen LogP contribution is -2.11. The molecule has 0 unspecified atom stereocenters. The van der Waals surface area contributed by atoms with E-state index in [4.69, 9.17) is 15.2 Å². The van der Waals surface area contributed by atoms with Crippen LogP contribution in [0, 0.1) is 0 Å². The van der Waals surface area contributed by atoms with Crippen LogP contribution < -0.4 is 10.5 Å². The first-order valence-corrected chi connectivity index (χ1v) is 6.80. The summed E-state index contributed by atoms with van der Waals surface area (Å²) in [6.07, 6.45) is 5.60. The summed E-state index contributed by atoms with van der Waals surface area (Å²) < 4.78 is 10.4. The third-order valence-electron chi connectivity index (χ3n) is 2.96. The molecule has 1 aromatic rings. The monoisotopic (exact) mass is 265 g/mol. The molecule has 0 aliphatic heterocycles. The Morgan fingerprint density at radius 3 is 2.63 bits per heavy atom. The van der Waals surface area contributed by atoms with Crippen LogP contribution in [0.3, 0.4) is 0 Å². The van der Waals surface area contributed by atoms with Gasteiger partial charge < -0.3 is 15.2 Å². The minimum absolute atomic E-state index is 0.318. The first kappa shape index (κ1) is 15.3. The number of nitrogens with two attached hydrogens (primary N) is 1. The quantitative estimate of drug-likeness (QED) is 0.444. The van der Waals surface area contributed by atoms with E-state index in [1.807, 2.05) is 0 Å². The number of hydrogen-bond acceptors (Lipinski definition) is 4. The van der Waals surface area contributed by atoms with E-state index >= 15 is 0 Å². The molecule has 0 aliphatic carbocycles. The molecule has 0 saturated carbocycles. The van der Waals surface area contributed by atoms with Crippen molar-refractivity contribution in [2.75, 3.05) is 19.5 Å². The number of carbonyl (C=O) groups is 1. The predicted octanol–water partition coefficient (Wildman–Crippen LogP) is 3.40. The third kappa shape index (κ3) is 4.81. The summed E-state index contributed by atoms with van der Waals surface area (Å²) >= 11 is 0. The van der Waals surface area contributed by atoms with Crippen LogP contribution in [-0.4, -0.2) is 19.7 Å². The average molecular weight is 265 g/mol. The molecule has 0 fully saturated rings. The lowest BCUT2D eigenvalue weighted by molar-refractivity contribution is 0.0495. The molecule has 0 atom stereocenters. The fraction of sp³-hybridized carbons (Fsp3) is 0.533. The highest BCUT2D eigenvalue weighted by molar-refractivity contribution is 5.98. The fourth-order valence-electron chi connectivity index (χ4n) is 1.88. The van der Waals surface area contributed by atoms with Crippen molar-refractivity contribution in [1.29, 1.82) is 0 Å². The van der Waals surface area contributed by atoms with Gasteiger partial charge in [-0.3, -0.25) is 0 Å². The van der Waals surface area contributed by atoms with Gasteiger partial charge >= 0.3 is 5.97 Å². The standard InChI is InChI=1S/C15H23NO3/c1-3-4-5-6-7-11-19-15(17)14-12(16)9-8-10-13(14)18-2/h8-10H,3-7,11,16H2,1-2H3. The van der Waals surface area contributed by atoms with Gasteiger partial charge in [0.25, 0.3) is 0 Å². The summed E-state index contributed by atoms with van der Waals surface area (Å²) in [5.74, 6) is 0.0430. The summed E-state index contributed by atoms with van der Waals surface area (Å²) in [5.41, 5.74) is 6.49. The van der Waals surface area contributed by atoms with Crippen molar-refractivity contribution < 1.29 is 14.3 Å². The maximum absolute atomic E-state index is 12.0. The van der Waals surface area contributed by atoms with E-state index in [1.165, 1.54) is 26.4 Å². The first-order chi connectivity index (χ1) is 9.20. The van der Waals surface area contributed by atoms with E-state index in [0.717, 1.165) is 12.8 Å². The highest BCUT2D eigenvalue weighted by Crippen LogP contribution is 2.24. The van der Waals surface area contributed by atoms with E-state index in [2.05, 4.69) is 6.92 Å². The molecule has 0 radical (unpaired) electrons. The lowest BCUT2D eigenvalue weighted by atomic mass is 10.1. The molecule has 0 aromatic heterocycles. The number of rotatable bonds is 8. The van der Waals surface area contributed by atoms with Crippen LogP contribution in [0.5, 0.6) is 5.75 Å². The van der Waals surface area contributed by atoms with Crippen LogP contribution in [0.1, 0.15) is 49.4 Å². The van der Waals surface area contributed by atoms with Crippen LogP contribution in [0.2, 0.25) is 0 Å². The molecule has 4 nitrogen and oxygen atoms in total. The number of hydrogen-bond donors (Lipinski definition) is 1. The topological polar surface area (TPSA) is 61.5 Å². The molecule has 0 bridgehead atoms. The Balaban J connectivity index is 2.45. The molecule has 0 spiro atoms. The molecule has 4 heteroatoms. The summed E-state index contributed by atoms with van der Waals surface area (Å²) in [4.78, 5) is 12.0. The van der Waals surface area contributed by atoms with Gasteiger partial charge in [0.1, 0.15) is 11.3 Å². The number of carbonyl (C=O) groups excluding carboxylic acids is 1. The summed E-state index contributed by atoms with van der Waals surface area (Å²) in [6, 6.07) is 5.12. The van der Waals surface area contributed by atoms with E-state index in [9.17, 15) is 4.79 Å². The number of nitrogen functional groups attached to an aromatic ring is 1. The van der Waals surface area contributed by atoms with E-state index in [1.54, 1.807) is 18.2 Å². The van der Waals surface area contributed by atoms with Gasteiger partial charge in [-0.05, 0) is 18.6 Å². The zero-order chi connectivity index (χ0) is 14.1. The maximum atomic E-state index is 12.0. The normalized spacial score (nSPS) is 10.2. The minimum atomic E-state index is -0.412.